The molecule has 0 bridgehead atoms. The molecular weight excluding hydrogens is 307 g/mol. The van der Waals surface area contributed by atoms with Gasteiger partial charge in [0.2, 0.25) is 0 Å². The first-order valence-electron chi connectivity index (χ1n) is 5.91. The lowest BCUT2D eigenvalue weighted by Gasteiger charge is -1.94. The summed E-state index contributed by atoms with van der Waals surface area (Å²) in [6, 6.07) is 0. The van der Waals surface area contributed by atoms with Gasteiger partial charge in [-0.1, -0.05) is 18.3 Å². The van der Waals surface area contributed by atoms with Gasteiger partial charge in [-0.2, -0.15) is 8.78 Å². The van der Waals surface area contributed by atoms with Crippen LogP contribution in [-0.2, 0) is 4.74 Å². The third kappa shape index (κ3) is 8.27. The zero-order valence-corrected chi connectivity index (χ0v) is 13.3. The zero-order chi connectivity index (χ0) is 15.5. The highest BCUT2D eigenvalue weighted by atomic mass is 32.2. The van der Waals surface area contributed by atoms with Crippen molar-refractivity contribution in [3.8, 4) is 0 Å². The van der Waals surface area contributed by atoms with Crippen molar-refractivity contribution in [1.82, 2.24) is 4.98 Å². The minimum Gasteiger partial charge on any atom is -0.502 e. The summed E-state index contributed by atoms with van der Waals surface area (Å²) in [5, 5.41) is 0. The van der Waals surface area contributed by atoms with Crippen molar-refractivity contribution in [3.05, 3.63) is 35.3 Å². The van der Waals surface area contributed by atoms with E-state index < -0.39 is 11.9 Å². The Kier molecular flexibility index (Phi) is 10.3. The van der Waals surface area contributed by atoms with Crippen molar-refractivity contribution in [2.75, 3.05) is 12.4 Å². The first kappa shape index (κ1) is 19.1. The molecule has 0 spiro atoms. The van der Waals surface area contributed by atoms with Crippen LogP contribution in [0.15, 0.2) is 29.1 Å². The number of rotatable bonds is 6. The minimum absolute atomic E-state index is 0.245. The van der Waals surface area contributed by atoms with Gasteiger partial charge in [0.25, 0.3) is 0 Å². The highest BCUT2D eigenvalue weighted by Gasteiger charge is 2.07. The highest BCUT2D eigenvalue weighted by molar-refractivity contribution is 8.01. The molecule has 0 amide bonds. The molecule has 114 valence electrons. The first-order valence-corrected chi connectivity index (χ1v) is 7.71. The van der Waals surface area contributed by atoms with Gasteiger partial charge in [-0.15, -0.1) is 11.3 Å². The van der Waals surface area contributed by atoms with Gasteiger partial charge < -0.3 is 4.74 Å². The number of thioether (sulfide) groups is 1. The summed E-state index contributed by atoms with van der Waals surface area (Å²) in [6.45, 7) is 9.80. The molecule has 0 aromatic carbocycles. The lowest BCUT2D eigenvalue weighted by molar-refractivity contribution is 0.270. The van der Waals surface area contributed by atoms with E-state index in [2.05, 4.69) is 16.3 Å². The summed E-state index contributed by atoms with van der Waals surface area (Å²) in [5.41, 5.74) is 0.940. The molecule has 20 heavy (non-hydrogen) atoms. The molecule has 0 saturated heterocycles. The third-order valence-corrected chi connectivity index (χ3v) is 4.26. The van der Waals surface area contributed by atoms with E-state index >= 15 is 0 Å². The van der Waals surface area contributed by atoms with Gasteiger partial charge in [0.1, 0.15) is 4.34 Å². The average molecular weight is 325 g/mol. The molecule has 0 aliphatic carbocycles. The maximum absolute atomic E-state index is 12.4. The van der Waals surface area contributed by atoms with Crippen LogP contribution < -0.4 is 0 Å². The molecule has 0 N–H and O–H groups in total. The lowest BCUT2D eigenvalue weighted by Crippen LogP contribution is -1.82. The van der Waals surface area contributed by atoms with Gasteiger partial charge in [0, 0.05) is 17.1 Å². The second-order valence-electron chi connectivity index (χ2n) is 3.51. The second kappa shape index (κ2) is 10.8. The Morgan fingerprint density at radius 1 is 1.40 bits per heavy atom. The van der Waals surface area contributed by atoms with E-state index in [1.165, 1.54) is 29.4 Å². The third-order valence-electron chi connectivity index (χ3n) is 2.05. The molecule has 0 unspecified atom stereocenters. The number of nitrogens with zero attached hydrogens (tertiary/aromatic N) is 1. The molecule has 1 heterocycles. The second-order valence-corrected chi connectivity index (χ2v) is 6.05. The summed E-state index contributed by atoms with van der Waals surface area (Å²) in [4.78, 5) is 5.31. The van der Waals surface area contributed by atoms with E-state index in [1.54, 1.807) is 0 Å². The van der Waals surface area contributed by atoms with Crippen LogP contribution in [0.2, 0.25) is 0 Å². The van der Waals surface area contributed by atoms with Crippen molar-refractivity contribution in [2.45, 2.75) is 31.5 Å². The van der Waals surface area contributed by atoms with Crippen LogP contribution in [0.4, 0.5) is 13.2 Å². The molecule has 0 saturated carbocycles. The normalized spacial score (nSPS) is 9.50. The smallest absolute Gasteiger partial charge is 0.301 e. The number of allylic oxidation sites excluding steroid dienone is 1. The molecule has 0 aliphatic rings. The molecular formula is C13H18F3NOS2. The minimum atomic E-state index is -2.22. The van der Waals surface area contributed by atoms with Crippen LogP contribution in [0.3, 0.4) is 0 Å². The fourth-order valence-corrected chi connectivity index (χ4v) is 3.10. The van der Waals surface area contributed by atoms with Crippen molar-refractivity contribution in [3.63, 3.8) is 0 Å². The van der Waals surface area contributed by atoms with Crippen LogP contribution in [0, 0.1) is 13.8 Å². The number of thiazole rings is 1. The Morgan fingerprint density at radius 2 is 2.05 bits per heavy atom. The topological polar surface area (TPSA) is 22.1 Å². The summed E-state index contributed by atoms with van der Waals surface area (Å²) in [6.07, 6.45) is -1.04. The summed E-state index contributed by atoms with van der Waals surface area (Å²) >= 11 is 2.80. The number of hydrogen-bond acceptors (Lipinski definition) is 4. The number of aromatic nitrogens is 1. The van der Waals surface area contributed by atoms with Crippen molar-refractivity contribution >= 4 is 23.1 Å². The van der Waals surface area contributed by atoms with Crippen molar-refractivity contribution in [2.24, 2.45) is 0 Å². The van der Waals surface area contributed by atoms with Crippen LogP contribution in [-0.4, -0.2) is 17.3 Å². The van der Waals surface area contributed by atoms with Crippen molar-refractivity contribution < 1.29 is 17.9 Å². The van der Waals surface area contributed by atoms with E-state index in [0.717, 1.165) is 21.5 Å². The summed E-state index contributed by atoms with van der Waals surface area (Å²) < 4.78 is 41.2. The monoisotopic (exact) mass is 325 g/mol. The maximum Gasteiger partial charge on any atom is 0.301 e. The summed E-state index contributed by atoms with van der Waals surface area (Å²) in [7, 11) is 0. The largest absolute Gasteiger partial charge is 0.502 e. The number of aryl methyl sites for hydroxylation is 2. The fourth-order valence-electron chi connectivity index (χ4n) is 0.945. The van der Waals surface area contributed by atoms with E-state index in [0.29, 0.717) is 0 Å². The molecule has 0 aliphatic heterocycles. The average Bonchev–Trinajstić information content (AvgIpc) is 2.70. The molecule has 2 nitrogen and oxygen atoms in total. The quantitative estimate of drug-likeness (QED) is 0.510. The molecule has 0 fully saturated rings. The molecule has 0 atom stereocenters. The molecule has 1 aromatic heterocycles. The van der Waals surface area contributed by atoms with Gasteiger partial charge in [-0.25, -0.2) is 9.37 Å². The van der Waals surface area contributed by atoms with E-state index in [1.807, 2.05) is 20.8 Å². The van der Waals surface area contributed by atoms with Gasteiger partial charge in [-0.05, 0) is 20.8 Å². The Labute approximate surface area is 125 Å². The van der Waals surface area contributed by atoms with Crippen molar-refractivity contribution in [1.29, 1.82) is 0 Å². The maximum atomic E-state index is 12.4. The van der Waals surface area contributed by atoms with Gasteiger partial charge in [0.15, 0.2) is 5.83 Å². The molecule has 0 radical (unpaired) electrons. The Morgan fingerprint density at radius 3 is 2.40 bits per heavy atom. The van der Waals surface area contributed by atoms with Crippen LogP contribution >= 0.6 is 23.1 Å². The van der Waals surface area contributed by atoms with E-state index in [4.69, 9.17) is 0 Å². The van der Waals surface area contributed by atoms with Crippen LogP contribution in [0.1, 0.15) is 23.9 Å². The lowest BCUT2D eigenvalue weighted by atomic mass is 10.4. The molecule has 1 rings (SSSR count). The fraction of sp³-hybridized carbons (Fsp3) is 0.462. The highest BCUT2D eigenvalue weighted by Crippen LogP contribution is 2.28. The van der Waals surface area contributed by atoms with Gasteiger partial charge >= 0.3 is 6.08 Å². The number of halogens is 3. The molecule has 1 aromatic rings. The van der Waals surface area contributed by atoms with Gasteiger partial charge in [0.05, 0.1) is 18.6 Å². The SMILES string of the molecule is C=COCC.Cc1nc(SCCC(F)=C(F)F)sc1C. The Balaban J connectivity index is 0.000000621. The number of ether oxygens (including phenoxy) is 1. The summed E-state index contributed by atoms with van der Waals surface area (Å²) in [5.74, 6) is -1.04. The number of hydrogen-bond donors (Lipinski definition) is 0. The van der Waals surface area contributed by atoms with Crippen LogP contribution in [0.25, 0.3) is 0 Å². The van der Waals surface area contributed by atoms with Gasteiger partial charge in [-0.3, -0.25) is 0 Å². The zero-order valence-electron chi connectivity index (χ0n) is 11.7. The Hall–Kier alpha value is -0.950. The van der Waals surface area contributed by atoms with Crippen LogP contribution in [0.5, 0.6) is 0 Å². The standard InChI is InChI=1S/C9H10F3NS2.C4H8O/c1-5-6(2)15-9(13-5)14-4-3-7(10)8(11)12;1-3-5-4-2/h3-4H2,1-2H3;3H,1,4H2,2H3. The Bertz CT molecular complexity index is 423. The predicted molar refractivity (Wildman–Crippen MR) is 79.1 cm³/mol. The van der Waals surface area contributed by atoms with E-state index in [-0.39, 0.29) is 12.2 Å². The van der Waals surface area contributed by atoms with E-state index in [9.17, 15) is 13.2 Å². The first-order chi connectivity index (χ1) is 9.42. The molecule has 7 heteroatoms. The predicted octanol–water partition coefficient (Wildman–Crippen LogP) is 5.49.